The third-order valence-electron chi connectivity index (χ3n) is 4.84. The van der Waals surface area contributed by atoms with Gasteiger partial charge in [0, 0.05) is 24.3 Å². The first-order valence-corrected chi connectivity index (χ1v) is 8.23. The van der Waals surface area contributed by atoms with Crippen molar-refractivity contribution in [1.29, 1.82) is 0 Å². The van der Waals surface area contributed by atoms with Gasteiger partial charge < -0.3 is 10.6 Å². The minimum Gasteiger partial charge on any atom is -0.385 e. The van der Waals surface area contributed by atoms with Crippen LogP contribution in [-0.4, -0.2) is 19.0 Å². The number of amides is 1. The summed E-state index contributed by atoms with van der Waals surface area (Å²) in [6, 6.07) is 5.99. The number of carbonyl (C=O) groups excluding carboxylic acids is 1. The van der Waals surface area contributed by atoms with Crippen molar-refractivity contribution in [3.05, 3.63) is 29.3 Å². The number of carbonyl (C=O) groups is 1. The van der Waals surface area contributed by atoms with E-state index in [0.29, 0.717) is 5.41 Å². The molecule has 116 valence electrons. The van der Waals surface area contributed by atoms with Crippen molar-refractivity contribution in [3.8, 4) is 0 Å². The van der Waals surface area contributed by atoms with Gasteiger partial charge in [-0.3, -0.25) is 4.79 Å². The molecule has 2 N–H and O–H groups in total. The molecule has 21 heavy (non-hydrogen) atoms. The van der Waals surface area contributed by atoms with Crippen molar-refractivity contribution in [3.63, 3.8) is 0 Å². The Hall–Kier alpha value is -1.51. The standard InChI is InChI=1S/C18H28N2O/c1-4-11-19-15-7-8-16(14(3)12-15)17(21)20-13-18(5-2)9-6-10-18/h7-8,12,19H,4-6,9-11,13H2,1-3H3,(H,20,21). The lowest BCUT2D eigenvalue weighted by Crippen LogP contribution is -2.41. The van der Waals surface area contributed by atoms with E-state index in [1.807, 2.05) is 19.1 Å². The van der Waals surface area contributed by atoms with Gasteiger partial charge in [-0.2, -0.15) is 0 Å². The van der Waals surface area contributed by atoms with E-state index in [1.165, 1.54) is 19.3 Å². The average molecular weight is 288 g/mol. The predicted octanol–water partition coefficient (Wildman–Crippen LogP) is 4.13. The van der Waals surface area contributed by atoms with E-state index in [-0.39, 0.29) is 5.91 Å². The van der Waals surface area contributed by atoms with Crippen LogP contribution in [0.5, 0.6) is 0 Å². The molecule has 1 saturated carbocycles. The second-order valence-corrected chi connectivity index (χ2v) is 6.35. The molecule has 1 amide bonds. The van der Waals surface area contributed by atoms with Gasteiger partial charge in [-0.05, 0) is 61.8 Å². The number of hydrogen-bond donors (Lipinski definition) is 2. The van der Waals surface area contributed by atoms with Gasteiger partial charge in [0.05, 0.1) is 0 Å². The van der Waals surface area contributed by atoms with Crippen LogP contribution in [0.4, 0.5) is 5.69 Å². The first-order chi connectivity index (χ1) is 10.1. The minimum absolute atomic E-state index is 0.0641. The Bertz CT molecular complexity index is 486. The summed E-state index contributed by atoms with van der Waals surface area (Å²) in [7, 11) is 0. The highest BCUT2D eigenvalue weighted by molar-refractivity contribution is 5.96. The maximum absolute atomic E-state index is 12.4. The normalized spacial score (nSPS) is 16.1. The summed E-state index contributed by atoms with van der Waals surface area (Å²) >= 11 is 0. The third kappa shape index (κ3) is 3.78. The second-order valence-electron chi connectivity index (χ2n) is 6.35. The summed E-state index contributed by atoms with van der Waals surface area (Å²) in [6.07, 6.45) is 6.07. The van der Waals surface area contributed by atoms with Gasteiger partial charge in [0.1, 0.15) is 0 Å². The fourth-order valence-corrected chi connectivity index (χ4v) is 2.99. The summed E-state index contributed by atoms with van der Waals surface area (Å²) in [5.41, 5.74) is 3.29. The first-order valence-electron chi connectivity index (χ1n) is 8.23. The Morgan fingerprint density at radius 3 is 2.57 bits per heavy atom. The SMILES string of the molecule is CCCNc1ccc(C(=O)NCC2(CC)CCC2)c(C)c1. The molecule has 1 aromatic carbocycles. The number of anilines is 1. The van der Waals surface area contributed by atoms with Gasteiger partial charge in [0.2, 0.25) is 0 Å². The van der Waals surface area contributed by atoms with Crippen LogP contribution in [0.25, 0.3) is 0 Å². The van der Waals surface area contributed by atoms with Crippen LogP contribution in [0.3, 0.4) is 0 Å². The van der Waals surface area contributed by atoms with E-state index < -0.39 is 0 Å². The van der Waals surface area contributed by atoms with Crippen LogP contribution < -0.4 is 10.6 Å². The Morgan fingerprint density at radius 1 is 1.29 bits per heavy atom. The van der Waals surface area contributed by atoms with Gasteiger partial charge >= 0.3 is 0 Å². The highest BCUT2D eigenvalue weighted by Gasteiger charge is 2.35. The zero-order valence-electron chi connectivity index (χ0n) is 13.6. The molecule has 1 aromatic rings. The number of nitrogens with one attached hydrogen (secondary N) is 2. The summed E-state index contributed by atoms with van der Waals surface area (Å²) in [5, 5.41) is 6.49. The molecule has 1 aliphatic carbocycles. The van der Waals surface area contributed by atoms with Crippen LogP contribution in [0, 0.1) is 12.3 Å². The molecule has 0 saturated heterocycles. The molecular formula is C18H28N2O. The van der Waals surface area contributed by atoms with Crippen molar-refractivity contribution in [2.24, 2.45) is 5.41 Å². The van der Waals surface area contributed by atoms with Gasteiger partial charge in [0.25, 0.3) is 5.91 Å². The largest absolute Gasteiger partial charge is 0.385 e. The lowest BCUT2D eigenvalue weighted by molar-refractivity contribution is 0.0849. The van der Waals surface area contributed by atoms with E-state index in [2.05, 4.69) is 30.5 Å². The van der Waals surface area contributed by atoms with E-state index in [1.54, 1.807) is 0 Å². The summed E-state index contributed by atoms with van der Waals surface area (Å²) in [5.74, 6) is 0.0641. The predicted molar refractivity (Wildman–Crippen MR) is 88.9 cm³/mol. The van der Waals surface area contributed by atoms with Gasteiger partial charge in [-0.25, -0.2) is 0 Å². The number of aryl methyl sites for hydroxylation is 1. The Morgan fingerprint density at radius 2 is 2.05 bits per heavy atom. The van der Waals surface area contributed by atoms with Crippen LogP contribution in [0.15, 0.2) is 18.2 Å². The number of benzene rings is 1. The Kier molecular flexibility index (Phi) is 5.27. The molecule has 0 aromatic heterocycles. The summed E-state index contributed by atoms with van der Waals surface area (Å²) < 4.78 is 0. The molecule has 3 heteroatoms. The first kappa shape index (κ1) is 15.9. The van der Waals surface area contributed by atoms with Crippen LogP contribution >= 0.6 is 0 Å². The second kappa shape index (κ2) is 6.97. The minimum atomic E-state index is 0.0641. The van der Waals surface area contributed by atoms with E-state index in [9.17, 15) is 4.79 Å². The van der Waals surface area contributed by atoms with Crippen molar-refractivity contribution in [2.45, 2.75) is 52.9 Å². The molecule has 0 aliphatic heterocycles. The zero-order chi connectivity index (χ0) is 15.3. The molecule has 3 nitrogen and oxygen atoms in total. The molecule has 0 heterocycles. The fourth-order valence-electron chi connectivity index (χ4n) is 2.99. The maximum atomic E-state index is 12.4. The third-order valence-corrected chi connectivity index (χ3v) is 4.84. The van der Waals surface area contributed by atoms with Gasteiger partial charge in [0.15, 0.2) is 0 Å². The molecule has 1 aliphatic rings. The molecule has 0 spiro atoms. The Labute approximate surface area is 128 Å². The van der Waals surface area contributed by atoms with E-state index in [4.69, 9.17) is 0 Å². The van der Waals surface area contributed by atoms with E-state index >= 15 is 0 Å². The topological polar surface area (TPSA) is 41.1 Å². The molecule has 0 unspecified atom stereocenters. The highest BCUT2D eigenvalue weighted by Crippen LogP contribution is 2.43. The number of hydrogen-bond acceptors (Lipinski definition) is 2. The summed E-state index contributed by atoms with van der Waals surface area (Å²) in [6.45, 7) is 8.16. The molecular weight excluding hydrogens is 260 g/mol. The zero-order valence-corrected chi connectivity index (χ0v) is 13.6. The van der Waals surface area contributed by atoms with Gasteiger partial charge in [-0.1, -0.05) is 20.3 Å². The Balaban J connectivity index is 1.95. The quantitative estimate of drug-likeness (QED) is 0.792. The molecule has 0 radical (unpaired) electrons. The molecule has 0 bridgehead atoms. The van der Waals surface area contributed by atoms with Crippen LogP contribution in [0.2, 0.25) is 0 Å². The lowest BCUT2D eigenvalue weighted by Gasteiger charge is -2.41. The monoisotopic (exact) mass is 288 g/mol. The molecule has 2 rings (SSSR count). The number of rotatable bonds is 7. The molecule has 1 fully saturated rings. The van der Waals surface area contributed by atoms with Crippen molar-refractivity contribution >= 4 is 11.6 Å². The lowest BCUT2D eigenvalue weighted by atomic mass is 9.67. The van der Waals surface area contributed by atoms with E-state index in [0.717, 1.165) is 42.7 Å². The van der Waals surface area contributed by atoms with Crippen LogP contribution in [-0.2, 0) is 0 Å². The average Bonchev–Trinajstić information content (AvgIpc) is 2.44. The smallest absolute Gasteiger partial charge is 0.251 e. The maximum Gasteiger partial charge on any atom is 0.251 e. The van der Waals surface area contributed by atoms with Crippen molar-refractivity contribution < 1.29 is 4.79 Å². The summed E-state index contributed by atoms with van der Waals surface area (Å²) in [4.78, 5) is 12.4. The molecule has 0 atom stereocenters. The van der Waals surface area contributed by atoms with Crippen LogP contribution in [0.1, 0.15) is 61.9 Å². The van der Waals surface area contributed by atoms with Crippen molar-refractivity contribution in [1.82, 2.24) is 5.32 Å². The van der Waals surface area contributed by atoms with Crippen molar-refractivity contribution in [2.75, 3.05) is 18.4 Å². The highest BCUT2D eigenvalue weighted by atomic mass is 16.1. The fraction of sp³-hybridized carbons (Fsp3) is 0.611. The van der Waals surface area contributed by atoms with Gasteiger partial charge in [-0.15, -0.1) is 0 Å².